The van der Waals surface area contributed by atoms with E-state index in [1.165, 1.54) is 37.9 Å². The lowest BCUT2D eigenvalue weighted by atomic mass is 10.0. The molecule has 0 atom stereocenters. The summed E-state index contributed by atoms with van der Waals surface area (Å²) in [4.78, 5) is 12.2. The second-order valence-electron chi connectivity index (χ2n) is 6.41. The van der Waals surface area contributed by atoms with Crippen molar-refractivity contribution < 1.29 is 17.9 Å². The highest BCUT2D eigenvalue weighted by Crippen LogP contribution is 2.25. The van der Waals surface area contributed by atoms with E-state index in [9.17, 15) is 13.2 Å². The second-order valence-corrected chi connectivity index (χ2v) is 8.93. The van der Waals surface area contributed by atoms with Crippen LogP contribution in [-0.4, -0.2) is 32.8 Å². The average molecular weight is 396 g/mol. The predicted octanol–water partition coefficient (Wildman–Crippen LogP) is 4.07. The highest BCUT2D eigenvalue weighted by atomic mass is 35.5. The number of carbonyl (C=O) groups excluding carboxylic acids is 1. The molecular weight excluding hydrogens is 374 g/mol. The third-order valence-corrected chi connectivity index (χ3v) is 6.24. The molecule has 0 aliphatic heterocycles. The fraction of sp³-hybridized carbons (Fsp3) is 0.316. The number of hydrogen-bond donors (Lipinski definition) is 0. The Morgan fingerprint density at radius 2 is 1.73 bits per heavy atom. The third kappa shape index (κ3) is 4.63. The molecule has 0 N–H and O–H groups in total. The van der Waals surface area contributed by atoms with E-state index in [1.807, 2.05) is 24.3 Å². The van der Waals surface area contributed by atoms with Gasteiger partial charge in [-0.2, -0.15) is 0 Å². The van der Waals surface area contributed by atoms with E-state index in [-0.39, 0.29) is 22.1 Å². The fourth-order valence-corrected chi connectivity index (χ4v) is 3.65. The zero-order chi connectivity index (χ0) is 19.5. The summed E-state index contributed by atoms with van der Waals surface area (Å²) >= 11 is 5.98. The number of esters is 1. The van der Waals surface area contributed by atoms with Crippen molar-refractivity contribution in [3.05, 3.63) is 64.2 Å². The monoisotopic (exact) mass is 395 g/mol. The summed E-state index contributed by atoms with van der Waals surface area (Å²) in [6, 6.07) is 11.9. The van der Waals surface area contributed by atoms with Crippen LogP contribution in [0.4, 0.5) is 0 Å². The standard InChI is InChI=1S/C19H22ClNO4S/c1-13(2)15-7-5-14(6-8-15)12-25-19(22)16-9-10-17(20)18(11-16)26(23,24)21(3)4/h5-11,13H,12H2,1-4H3. The summed E-state index contributed by atoms with van der Waals surface area (Å²) < 4.78 is 30.9. The zero-order valence-corrected chi connectivity index (χ0v) is 16.8. The molecule has 0 heterocycles. The molecule has 0 amide bonds. The van der Waals surface area contributed by atoms with Crippen molar-refractivity contribution in [2.75, 3.05) is 14.1 Å². The van der Waals surface area contributed by atoms with Crippen molar-refractivity contribution in [3.63, 3.8) is 0 Å². The Morgan fingerprint density at radius 1 is 1.12 bits per heavy atom. The molecule has 0 radical (unpaired) electrons. The molecule has 0 bridgehead atoms. The van der Waals surface area contributed by atoms with E-state index in [4.69, 9.17) is 16.3 Å². The number of ether oxygens (including phenoxy) is 1. The van der Waals surface area contributed by atoms with Gasteiger partial charge in [0.05, 0.1) is 10.6 Å². The lowest BCUT2D eigenvalue weighted by Crippen LogP contribution is -2.23. The van der Waals surface area contributed by atoms with Crippen LogP contribution >= 0.6 is 11.6 Å². The maximum absolute atomic E-state index is 12.3. The molecule has 0 aliphatic rings. The van der Waals surface area contributed by atoms with Gasteiger partial charge < -0.3 is 4.74 Å². The van der Waals surface area contributed by atoms with E-state index >= 15 is 0 Å². The van der Waals surface area contributed by atoms with Gasteiger partial charge >= 0.3 is 5.97 Å². The van der Waals surface area contributed by atoms with Gasteiger partial charge in [0.25, 0.3) is 0 Å². The molecule has 0 spiro atoms. The highest BCUT2D eigenvalue weighted by Gasteiger charge is 2.22. The minimum Gasteiger partial charge on any atom is -0.457 e. The summed E-state index contributed by atoms with van der Waals surface area (Å²) in [5.41, 5.74) is 2.20. The molecule has 2 aromatic carbocycles. The molecule has 26 heavy (non-hydrogen) atoms. The van der Waals surface area contributed by atoms with Gasteiger partial charge in [-0.25, -0.2) is 17.5 Å². The van der Waals surface area contributed by atoms with Crippen LogP contribution < -0.4 is 0 Å². The van der Waals surface area contributed by atoms with E-state index in [1.54, 1.807) is 0 Å². The molecule has 2 aromatic rings. The number of benzene rings is 2. The van der Waals surface area contributed by atoms with Gasteiger partial charge in [-0.1, -0.05) is 49.7 Å². The summed E-state index contributed by atoms with van der Waals surface area (Å²) in [6.07, 6.45) is 0. The topological polar surface area (TPSA) is 63.7 Å². The van der Waals surface area contributed by atoms with Crippen molar-refractivity contribution >= 4 is 27.6 Å². The number of hydrogen-bond acceptors (Lipinski definition) is 4. The average Bonchev–Trinajstić information content (AvgIpc) is 2.60. The Bertz CT molecular complexity index is 890. The van der Waals surface area contributed by atoms with Crippen molar-refractivity contribution in [2.24, 2.45) is 0 Å². The molecule has 0 saturated carbocycles. The van der Waals surface area contributed by atoms with Crippen LogP contribution in [0.25, 0.3) is 0 Å². The Hall–Kier alpha value is -1.89. The van der Waals surface area contributed by atoms with E-state index in [0.29, 0.717) is 5.92 Å². The third-order valence-electron chi connectivity index (χ3n) is 3.94. The highest BCUT2D eigenvalue weighted by molar-refractivity contribution is 7.89. The Labute approximate surface area is 159 Å². The normalized spacial score (nSPS) is 11.8. The number of sulfonamides is 1. The first-order valence-corrected chi connectivity index (χ1v) is 9.92. The molecule has 0 unspecified atom stereocenters. The van der Waals surface area contributed by atoms with Gasteiger partial charge in [-0.05, 0) is 35.2 Å². The summed E-state index contributed by atoms with van der Waals surface area (Å²) in [5.74, 6) is -0.178. The second kappa shape index (κ2) is 8.20. The van der Waals surface area contributed by atoms with E-state index < -0.39 is 16.0 Å². The van der Waals surface area contributed by atoms with Gasteiger partial charge in [0, 0.05) is 14.1 Å². The summed E-state index contributed by atoms with van der Waals surface area (Å²) in [7, 11) is -0.949. The minimum absolute atomic E-state index is 0.0551. The van der Waals surface area contributed by atoms with Gasteiger partial charge in [0.15, 0.2) is 0 Å². The molecule has 5 nitrogen and oxygen atoms in total. The van der Waals surface area contributed by atoms with Crippen LogP contribution in [0.1, 0.15) is 41.3 Å². The van der Waals surface area contributed by atoms with Crippen molar-refractivity contribution in [3.8, 4) is 0 Å². The first kappa shape index (κ1) is 20.4. The number of rotatable bonds is 6. The molecule has 0 fully saturated rings. The van der Waals surface area contributed by atoms with Crippen LogP contribution in [-0.2, 0) is 21.4 Å². The van der Waals surface area contributed by atoms with Crippen LogP contribution in [0, 0.1) is 0 Å². The van der Waals surface area contributed by atoms with Crippen molar-refractivity contribution in [1.82, 2.24) is 4.31 Å². The van der Waals surface area contributed by atoms with E-state index in [2.05, 4.69) is 13.8 Å². The molecular formula is C19H22ClNO4S. The number of nitrogens with zero attached hydrogens (tertiary/aromatic N) is 1. The van der Waals surface area contributed by atoms with Crippen LogP contribution in [0.3, 0.4) is 0 Å². The molecule has 140 valence electrons. The smallest absolute Gasteiger partial charge is 0.338 e. The number of carbonyl (C=O) groups is 1. The quantitative estimate of drug-likeness (QED) is 0.691. The van der Waals surface area contributed by atoms with Crippen LogP contribution in [0.15, 0.2) is 47.4 Å². The Balaban J connectivity index is 2.15. The molecule has 2 rings (SSSR count). The summed E-state index contributed by atoms with van der Waals surface area (Å²) in [5, 5.41) is 0.0551. The molecule has 0 saturated heterocycles. The first-order chi connectivity index (χ1) is 12.1. The minimum atomic E-state index is -3.75. The van der Waals surface area contributed by atoms with Crippen molar-refractivity contribution in [2.45, 2.75) is 31.3 Å². The molecule has 7 heteroatoms. The van der Waals surface area contributed by atoms with Gasteiger partial charge in [-0.3, -0.25) is 0 Å². The first-order valence-electron chi connectivity index (χ1n) is 8.11. The maximum Gasteiger partial charge on any atom is 0.338 e. The van der Waals surface area contributed by atoms with Gasteiger partial charge in [-0.15, -0.1) is 0 Å². The largest absolute Gasteiger partial charge is 0.457 e. The van der Waals surface area contributed by atoms with Crippen LogP contribution in [0.2, 0.25) is 5.02 Å². The lowest BCUT2D eigenvalue weighted by molar-refractivity contribution is 0.0472. The summed E-state index contributed by atoms with van der Waals surface area (Å²) in [6.45, 7) is 4.32. The Kier molecular flexibility index (Phi) is 6.44. The lowest BCUT2D eigenvalue weighted by Gasteiger charge is -2.13. The SMILES string of the molecule is CC(C)c1ccc(COC(=O)c2ccc(Cl)c(S(=O)(=O)N(C)C)c2)cc1. The number of halogens is 1. The predicted molar refractivity (Wildman–Crippen MR) is 102 cm³/mol. The van der Waals surface area contributed by atoms with Gasteiger partial charge in [0.1, 0.15) is 11.5 Å². The maximum atomic E-state index is 12.3. The molecule has 0 aliphatic carbocycles. The van der Waals surface area contributed by atoms with Crippen LogP contribution in [0.5, 0.6) is 0 Å². The Morgan fingerprint density at radius 3 is 2.27 bits per heavy atom. The van der Waals surface area contributed by atoms with E-state index in [0.717, 1.165) is 9.87 Å². The van der Waals surface area contributed by atoms with Crippen molar-refractivity contribution in [1.29, 1.82) is 0 Å². The van der Waals surface area contributed by atoms with Gasteiger partial charge in [0.2, 0.25) is 10.0 Å². The molecule has 0 aromatic heterocycles. The zero-order valence-electron chi connectivity index (χ0n) is 15.2. The fourth-order valence-electron chi connectivity index (χ4n) is 2.26.